The molecule has 6 heteroatoms. The zero-order valence-electron chi connectivity index (χ0n) is 10.8. The first-order chi connectivity index (χ1) is 8.70. The zero-order valence-corrected chi connectivity index (χ0v) is 10.8. The standard InChI is InChI=1S/C12H20O6/c1-15-11(13)17-9-7-5-3-4-6-8-10-18-12(14)16-2/h3,5H,4,6-10H2,1-2H3. The Bertz CT molecular complexity index is 261. The minimum atomic E-state index is -0.664. The Balaban J connectivity index is 3.23. The Kier molecular flexibility index (Phi) is 10.6. The van der Waals surface area contributed by atoms with Crippen molar-refractivity contribution in [3.8, 4) is 0 Å². The Morgan fingerprint density at radius 3 is 2.00 bits per heavy atom. The van der Waals surface area contributed by atoms with Crippen LogP contribution in [0.2, 0.25) is 0 Å². The lowest BCUT2D eigenvalue weighted by molar-refractivity contribution is 0.0711. The molecule has 0 atom stereocenters. The molecule has 0 aliphatic heterocycles. The highest BCUT2D eigenvalue weighted by molar-refractivity contribution is 5.59. The maximum absolute atomic E-state index is 10.6. The summed E-state index contributed by atoms with van der Waals surface area (Å²) in [5.74, 6) is 0. The van der Waals surface area contributed by atoms with Gasteiger partial charge in [0.1, 0.15) is 0 Å². The van der Waals surface area contributed by atoms with E-state index in [1.54, 1.807) is 0 Å². The summed E-state index contributed by atoms with van der Waals surface area (Å²) in [5, 5.41) is 0. The molecule has 0 spiro atoms. The van der Waals surface area contributed by atoms with Crippen molar-refractivity contribution in [2.24, 2.45) is 0 Å². The monoisotopic (exact) mass is 260 g/mol. The molecule has 0 radical (unpaired) electrons. The number of hydrogen-bond acceptors (Lipinski definition) is 6. The fourth-order valence-electron chi connectivity index (χ4n) is 1.08. The summed E-state index contributed by atoms with van der Waals surface area (Å²) in [6.07, 6.45) is 5.89. The second-order valence-corrected chi connectivity index (χ2v) is 3.36. The van der Waals surface area contributed by atoms with Crippen LogP contribution in [0.25, 0.3) is 0 Å². The van der Waals surface area contributed by atoms with Gasteiger partial charge in [0.2, 0.25) is 0 Å². The van der Waals surface area contributed by atoms with Crippen LogP contribution in [-0.4, -0.2) is 39.7 Å². The summed E-state index contributed by atoms with van der Waals surface area (Å²) in [5.41, 5.74) is 0. The van der Waals surface area contributed by atoms with Gasteiger partial charge in [-0.2, -0.15) is 0 Å². The lowest BCUT2D eigenvalue weighted by atomic mass is 10.2. The third-order valence-corrected chi connectivity index (χ3v) is 1.99. The van der Waals surface area contributed by atoms with Crippen molar-refractivity contribution in [1.82, 2.24) is 0 Å². The molecular formula is C12H20O6. The van der Waals surface area contributed by atoms with E-state index < -0.39 is 12.3 Å². The first-order valence-corrected chi connectivity index (χ1v) is 5.77. The van der Waals surface area contributed by atoms with Crippen LogP contribution in [0.3, 0.4) is 0 Å². The Morgan fingerprint density at radius 1 is 0.833 bits per heavy atom. The third-order valence-electron chi connectivity index (χ3n) is 1.99. The van der Waals surface area contributed by atoms with Gasteiger partial charge in [0.05, 0.1) is 27.4 Å². The fraction of sp³-hybridized carbons (Fsp3) is 0.667. The van der Waals surface area contributed by atoms with Gasteiger partial charge >= 0.3 is 12.3 Å². The molecule has 0 rings (SSSR count). The maximum atomic E-state index is 10.6. The summed E-state index contributed by atoms with van der Waals surface area (Å²) in [7, 11) is 2.55. The van der Waals surface area contributed by atoms with Crippen molar-refractivity contribution in [2.45, 2.75) is 25.7 Å². The first-order valence-electron chi connectivity index (χ1n) is 5.77. The molecule has 0 fully saturated rings. The molecule has 0 aliphatic rings. The van der Waals surface area contributed by atoms with Gasteiger partial charge in [-0.05, 0) is 25.7 Å². The molecular weight excluding hydrogens is 240 g/mol. The van der Waals surface area contributed by atoms with Crippen LogP contribution >= 0.6 is 0 Å². The molecule has 0 heterocycles. The van der Waals surface area contributed by atoms with Crippen LogP contribution < -0.4 is 0 Å². The van der Waals surface area contributed by atoms with E-state index in [2.05, 4.69) is 9.47 Å². The van der Waals surface area contributed by atoms with Gasteiger partial charge in [-0.3, -0.25) is 0 Å². The predicted octanol–water partition coefficient (Wildman–Crippen LogP) is 2.67. The number of carbonyl (C=O) groups excluding carboxylic acids is 2. The highest BCUT2D eigenvalue weighted by Crippen LogP contribution is 1.99. The quantitative estimate of drug-likeness (QED) is 0.379. The second kappa shape index (κ2) is 11.8. The predicted molar refractivity (Wildman–Crippen MR) is 64.3 cm³/mol. The van der Waals surface area contributed by atoms with Gasteiger partial charge in [-0.25, -0.2) is 9.59 Å². The van der Waals surface area contributed by atoms with Crippen LogP contribution in [0.15, 0.2) is 12.2 Å². The average Bonchev–Trinajstić information content (AvgIpc) is 2.40. The van der Waals surface area contributed by atoms with Crippen molar-refractivity contribution >= 4 is 12.3 Å². The third kappa shape index (κ3) is 10.8. The van der Waals surface area contributed by atoms with E-state index in [0.29, 0.717) is 19.6 Å². The molecule has 0 bridgehead atoms. The molecule has 6 nitrogen and oxygen atoms in total. The van der Waals surface area contributed by atoms with Crippen LogP contribution in [0, 0.1) is 0 Å². The molecule has 18 heavy (non-hydrogen) atoms. The summed E-state index contributed by atoms with van der Waals surface area (Å²) in [6, 6.07) is 0. The molecule has 0 saturated heterocycles. The molecule has 0 amide bonds. The summed E-state index contributed by atoms with van der Waals surface area (Å²) < 4.78 is 18.0. The van der Waals surface area contributed by atoms with Crippen molar-refractivity contribution in [3.63, 3.8) is 0 Å². The highest BCUT2D eigenvalue weighted by Gasteiger charge is 1.98. The number of ether oxygens (including phenoxy) is 4. The van der Waals surface area contributed by atoms with Gasteiger partial charge in [-0.1, -0.05) is 12.2 Å². The van der Waals surface area contributed by atoms with Crippen molar-refractivity contribution in [2.75, 3.05) is 27.4 Å². The highest BCUT2D eigenvalue weighted by atomic mass is 16.7. The number of carbonyl (C=O) groups is 2. The summed E-state index contributed by atoms with van der Waals surface area (Å²) in [4.78, 5) is 21.2. The van der Waals surface area contributed by atoms with Crippen LogP contribution in [-0.2, 0) is 18.9 Å². The normalized spacial score (nSPS) is 10.1. The van der Waals surface area contributed by atoms with Gasteiger partial charge in [0, 0.05) is 0 Å². The Labute approximate surface area is 107 Å². The fourth-order valence-corrected chi connectivity index (χ4v) is 1.08. The largest absolute Gasteiger partial charge is 0.507 e. The van der Waals surface area contributed by atoms with E-state index in [1.165, 1.54) is 14.2 Å². The smallest absolute Gasteiger partial charge is 0.438 e. The Morgan fingerprint density at radius 2 is 1.39 bits per heavy atom. The molecule has 0 aromatic carbocycles. The lowest BCUT2D eigenvalue weighted by Gasteiger charge is -2.01. The van der Waals surface area contributed by atoms with E-state index in [1.807, 2.05) is 12.2 Å². The number of allylic oxidation sites excluding steroid dienone is 1. The van der Waals surface area contributed by atoms with E-state index in [-0.39, 0.29) is 0 Å². The first kappa shape index (κ1) is 16.3. The number of rotatable bonds is 8. The summed E-state index contributed by atoms with van der Waals surface area (Å²) in [6.45, 7) is 0.681. The molecule has 104 valence electrons. The second-order valence-electron chi connectivity index (χ2n) is 3.36. The molecule has 0 N–H and O–H groups in total. The lowest BCUT2D eigenvalue weighted by Crippen LogP contribution is -2.05. The van der Waals surface area contributed by atoms with E-state index in [0.717, 1.165) is 19.3 Å². The average molecular weight is 260 g/mol. The van der Waals surface area contributed by atoms with Crippen molar-refractivity contribution in [3.05, 3.63) is 12.2 Å². The van der Waals surface area contributed by atoms with Gasteiger partial charge in [0.25, 0.3) is 0 Å². The molecule has 0 unspecified atom stereocenters. The van der Waals surface area contributed by atoms with Gasteiger partial charge in [-0.15, -0.1) is 0 Å². The van der Waals surface area contributed by atoms with Crippen molar-refractivity contribution in [1.29, 1.82) is 0 Å². The number of unbranched alkanes of at least 4 members (excludes halogenated alkanes) is 2. The van der Waals surface area contributed by atoms with E-state index >= 15 is 0 Å². The molecule has 0 aromatic rings. The zero-order chi connectivity index (χ0) is 13.6. The minimum absolute atomic E-state index is 0.314. The van der Waals surface area contributed by atoms with E-state index in [9.17, 15) is 9.59 Å². The van der Waals surface area contributed by atoms with Crippen LogP contribution in [0.5, 0.6) is 0 Å². The van der Waals surface area contributed by atoms with Gasteiger partial charge in [0.15, 0.2) is 0 Å². The minimum Gasteiger partial charge on any atom is -0.438 e. The molecule has 0 saturated carbocycles. The van der Waals surface area contributed by atoms with Crippen LogP contribution in [0.1, 0.15) is 25.7 Å². The SMILES string of the molecule is COC(=O)OCCC=CCCCCOC(=O)OC. The summed E-state index contributed by atoms with van der Waals surface area (Å²) >= 11 is 0. The Hall–Kier alpha value is -1.72. The van der Waals surface area contributed by atoms with E-state index in [4.69, 9.17) is 9.47 Å². The number of hydrogen-bond donors (Lipinski definition) is 0. The molecule has 0 aliphatic carbocycles. The van der Waals surface area contributed by atoms with Gasteiger partial charge < -0.3 is 18.9 Å². The number of methoxy groups -OCH3 is 2. The molecule has 0 aromatic heterocycles. The van der Waals surface area contributed by atoms with Crippen LogP contribution in [0.4, 0.5) is 9.59 Å². The topological polar surface area (TPSA) is 71.1 Å². The maximum Gasteiger partial charge on any atom is 0.507 e. The van der Waals surface area contributed by atoms with Crippen molar-refractivity contribution < 1.29 is 28.5 Å².